The summed E-state index contributed by atoms with van der Waals surface area (Å²) in [6.07, 6.45) is 5.90. The molecule has 1 heteroatoms. The zero-order chi connectivity index (χ0) is 25.6. The Kier molecular flexibility index (Phi) is 7.61. The Morgan fingerprint density at radius 1 is 0.765 bits per heavy atom. The van der Waals surface area contributed by atoms with Crippen LogP contribution in [-0.4, -0.2) is 3.21 Å². The van der Waals surface area contributed by atoms with Crippen molar-refractivity contribution in [2.24, 2.45) is 5.41 Å². The average molecular weight is 531 g/mol. The summed E-state index contributed by atoms with van der Waals surface area (Å²) >= 11 is 1.55. The molecule has 0 N–H and O–H groups in total. The first-order valence-electron chi connectivity index (χ1n) is 12.6. The maximum atomic E-state index is 2.46. The van der Waals surface area contributed by atoms with Gasteiger partial charge in [0, 0.05) is 0 Å². The van der Waals surface area contributed by atoms with Crippen molar-refractivity contribution in [1.82, 2.24) is 0 Å². The van der Waals surface area contributed by atoms with E-state index in [0.717, 1.165) is 6.42 Å². The first-order chi connectivity index (χ1) is 15.5. The van der Waals surface area contributed by atoms with Gasteiger partial charge in [-0.1, -0.05) is 121 Å². The summed E-state index contributed by atoms with van der Waals surface area (Å²) in [6, 6.07) is 14.4. The van der Waals surface area contributed by atoms with Crippen LogP contribution in [0.2, 0.25) is 0 Å². The Bertz CT molecular complexity index is 1280. The topological polar surface area (TPSA) is 0 Å². The SMILES string of the molecule is CC(C)(C)C1=CCC(c2cc(C(C)(C)C)cc3c2[cH-]c2ccc(C(C)(C)C)cc23)=C1.C[C](C)=[Zr]. The molecular formula is C33H43Zr-. The van der Waals surface area contributed by atoms with Gasteiger partial charge in [-0.3, -0.25) is 0 Å². The van der Waals surface area contributed by atoms with Gasteiger partial charge in [-0.05, 0) is 28.2 Å². The van der Waals surface area contributed by atoms with Gasteiger partial charge in [-0.25, -0.2) is 0 Å². The van der Waals surface area contributed by atoms with Crippen LogP contribution in [0.4, 0.5) is 0 Å². The van der Waals surface area contributed by atoms with Crippen LogP contribution in [0.25, 0.3) is 27.1 Å². The van der Waals surface area contributed by atoms with Crippen LogP contribution in [0, 0.1) is 5.41 Å². The molecule has 0 saturated heterocycles. The molecule has 0 aliphatic heterocycles. The van der Waals surface area contributed by atoms with Gasteiger partial charge < -0.3 is 0 Å². The Morgan fingerprint density at radius 2 is 1.32 bits per heavy atom. The molecule has 4 rings (SSSR count). The molecule has 0 atom stereocenters. The molecule has 180 valence electrons. The Morgan fingerprint density at radius 3 is 1.82 bits per heavy atom. The third kappa shape index (κ3) is 6.02. The van der Waals surface area contributed by atoms with E-state index in [4.69, 9.17) is 0 Å². The molecule has 0 saturated carbocycles. The molecule has 0 unspecified atom stereocenters. The van der Waals surface area contributed by atoms with E-state index in [1.54, 1.807) is 24.2 Å². The monoisotopic (exact) mass is 529 g/mol. The average Bonchev–Trinajstić information content (AvgIpc) is 3.30. The van der Waals surface area contributed by atoms with Crippen LogP contribution in [0.3, 0.4) is 0 Å². The number of allylic oxidation sites excluding steroid dienone is 4. The molecule has 0 radical (unpaired) electrons. The second kappa shape index (κ2) is 9.54. The molecule has 0 fully saturated rings. The zero-order valence-corrected chi connectivity index (χ0v) is 25.8. The third-order valence-corrected chi connectivity index (χ3v) is 6.64. The van der Waals surface area contributed by atoms with Crippen LogP contribution < -0.4 is 0 Å². The van der Waals surface area contributed by atoms with Crippen LogP contribution in [0.1, 0.15) is 99.3 Å². The molecule has 0 spiro atoms. The molecule has 3 aromatic rings. The standard InChI is InChI=1S/C30H37.C3H6.Zr/c1-28(2,3)21-12-10-19(14-21)25-17-23(30(7,8)9)18-27-24-16-22(29(4,5)6)13-11-20(24)15-26(25)27;1-3-2;/h11-18H,10H2,1-9H3;1-2H3;/q-1;;. The Labute approximate surface area is 223 Å². The molecule has 0 bridgehead atoms. The fourth-order valence-corrected chi connectivity index (χ4v) is 4.50. The molecule has 0 nitrogen and oxygen atoms in total. The third-order valence-electron chi connectivity index (χ3n) is 6.64. The summed E-state index contributed by atoms with van der Waals surface area (Å²) in [6.45, 7) is 25.1. The fraction of sp³-hybridized carbons (Fsp3) is 0.455. The van der Waals surface area contributed by atoms with Crippen molar-refractivity contribution in [2.45, 2.75) is 93.4 Å². The van der Waals surface area contributed by atoms with Gasteiger partial charge in [0.2, 0.25) is 0 Å². The van der Waals surface area contributed by atoms with E-state index in [9.17, 15) is 0 Å². The second-order valence-corrected chi connectivity index (χ2v) is 15.7. The van der Waals surface area contributed by atoms with Gasteiger partial charge in [0.25, 0.3) is 0 Å². The van der Waals surface area contributed by atoms with E-state index in [1.807, 2.05) is 0 Å². The van der Waals surface area contributed by atoms with E-state index in [0.29, 0.717) is 0 Å². The van der Waals surface area contributed by atoms with E-state index in [1.165, 1.54) is 52.6 Å². The van der Waals surface area contributed by atoms with Gasteiger partial charge in [0.1, 0.15) is 0 Å². The van der Waals surface area contributed by atoms with E-state index < -0.39 is 0 Å². The van der Waals surface area contributed by atoms with Crippen molar-refractivity contribution in [2.75, 3.05) is 0 Å². The van der Waals surface area contributed by atoms with Crippen molar-refractivity contribution in [3.63, 3.8) is 0 Å². The van der Waals surface area contributed by atoms with Gasteiger partial charge in [-0.15, -0.1) is 33.7 Å². The summed E-state index contributed by atoms with van der Waals surface area (Å²) in [4.78, 5) is 0. The number of fused-ring (bicyclic) bond motifs is 3. The van der Waals surface area contributed by atoms with Gasteiger partial charge in [-0.2, -0.15) is 0 Å². The molecule has 1 aliphatic carbocycles. The van der Waals surface area contributed by atoms with Crippen molar-refractivity contribution < 1.29 is 24.2 Å². The van der Waals surface area contributed by atoms with E-state index >= 15 is 0 Å². The number of hydrogen-bond donors (Lipinski definition) is 0. The van der Waals surface area contributed by atoms with Crippen LogP contribution in [0.5, 0.6) is 0 Å². The van der Waals surface area contributed by atoms with E-state index in [-0.39, 0.29) is 16.2 Å². The molecule has 3 aromatic carbocycles. The molecular weight excluding hydrogens is 488 g/mol. The summed E-state index contributed by atoms with van der Waals surface area (Å²) in [5.74, 6) is 0. The van der Waals surface area contributed by atoms with Crippen molar-refractivity contribution in [1.29, 1.82) is 0 Å². The van der Waals surface area contributed by atoms with Gasteiger partial charge in [0.15, 0.2) is 0 Å². The van der Waals surface area contributed by atoms with Crippen molar-refractivity contribution >= 4 is 30.3 Å². The number of benzene rings is 2. The van der Waals surface area contributed by atoms with E-state index in [2.05, 4.69) is 125 Å². The molecule has 0 amide bonds. The summed E-state index contributed by atoms with van der Waals surface area (Å²) in [7, 11) is 0. The first-order valence-corrected chi connectivity index (χ1v) is 13.8. The van der Waals surface area contributed by atoms with Crippen molar-refractivity contribution in [3.8, 4) is 0 Å². The predicted molar refractivity (Wildman–Crippen MR) is 151 cm³/mol. The molecule has 0 aromatic heterocycles. The Balaban J connectivity index is 0.000000751. The number of hydrogen-bond acceptors (Lipinski definition) is 0. The second-order valence-electron chi connectivity index (χ2n) is 13.2. The van der Waals surface area contributed by atoms with Gasteiger partial charge in [0.05, 0.1) is 0 Å². The molecule has 0 heterocycles. The number of rotatable bonds is 1. The fourth-order valence-electron chi connectivity index (χ4n) is 4.50. The maximum absolute atomic E-state index is 2.46. The minimum absolute atomic E-state index is 0.119. The van der Waals surface area contributed by atoms with Gasteiger partial charge >= 0.3 is 41.3 Å². The minimum atomic E-state index is 0.119. The molecule has 1 aliphatic rings. The van der Waals surface area contributed by atoms with Crippen LogP contribution in [-0.2, 0) is 35.1 Å². The quantitative estimate of drug-likeness (QED) is 0.275. The Hall–Kier alpha value is -1.46. The summed E-state index contributed by atoms with van der Waals surface area (Å²) in [5.41, 5.74) is 7.63. The predicted octanol–water partition coefficient (Wildman–Crippen LogP) is 9.81. The summed E-state index contributed by atoms with van der Waals surface area (Å²) in [5, 5.41) is 5.56. The van der Waals surface area contributed by atoms with Crippen molar-refractivity contribution in [3.05, 3.63) is 70.8 Å². The normalized spacial score (nSPS) is 14.6. The molecule has 34 heavy (non-hydrogen) atoms. The summed E-state index contributed by atoms with van der Waals surface area (Å²) < 4.78 is 1.51. The first kappa shape index (κ1) is 27.1. The van der Waals surface area contributed by atoms with Crippen LogP contribution in [0.15, 0.2) is 54.1 Å². The zero-order valence-electron chi connectivity index (χ0n) is 23.3. The van der Waals surface area contributed by atoms with Crippen LogP contribution >= 0.6 is 0 Å².